The second-order valence-corrected chi connectivity index (χ2v) is 4.30. The minimum absolute atomic E-state index is 0.00760. The number of esters is 1. The fourth-order valence-electron chi connectivity index (χ4n) is 1.98. The molecule has 0 unspecified atom stereocenters. The highest BCUT2D eigenvalue weighted by molar-refractivity contribution is 6.00. The van der Waals surface area contributed by atoms with Crippen LogP contribution in [0.15, 0.2) is 48.0 Å². The topological polar surface area (TPSA) is 63.6 Å². The zero-order chi connectivity index (χ0) is 14.5. The molecule has 0 radical (unpaired) electrons. The smallest absolute Gasteiger partial charge is 0.332 e. The van der Waals surface area contributed by atoms with Gasteiger partial charge in [-0.05, 0) is 22.4 Å². The summed E-state index contributed by atoms with van der Waals surface area (Å²) >= 11 is 0. The van der Waals surface area contributed by atoms with Crippen LogP contribution >= 0.6 is 0 Å². The van der Waals surface area contributed by atoms with Crippen LogP contribution in [0.2, 0.25) is 0 Å². The lowest BCUT2D eigenvalue weighted by molar-refractivity contribution is -0.142. The fourth-order valence-corrected chi connectivity index (χ4v) is 1.98. The van der Waals surface area contributed by atoms with Crippen molar-refractivity contribution < 1.29 is 19.4 Å². The van der Waals surface area contributed by atoms with Crippen LogP contribution in [0.1, 0.15) is 12.0 Å². The molecule has 0 atom stereocenters. The van der Waals surface area contributed by atoms with E-state index >= 15 is 0 Å². The van der Waals surface area contributed by atoms with Crippen molar-refractivity contribution in [2.75, 3.05) is 7.11 Å². The Kier molecular flexibility index (Phi) is 4.15. The Bertz CT molecular complexity index is 680. The second kappa shape index (κ2) is 6.02. The summed E-state index contributed by atoms with van der Waals surface area (Å²) < 4.78 is 4.51. The maximum Gasteiger partial charge on any atom is 0.332 e. The Hall–Kier alpha value is -2.62. The molecular weight excluding hydrogens is 256 g/mol. The first-order valence-electron chi connectivity index (χ1n) is 6.10. The number of ether oxygens (including phenoxy) is 1. The van der Waals surface area contributed by atoms with E-state index in [1.54, 1.807) is 0 Å². The maximum atomic E-state index is 11.3. The molecule has 0 amide bonds. The summed E-state index contributed by atoms with van der Waals surface area (Å²) in [5.74, 6) is -1.69. The summed E-state index contributed by atoms with van der Waals surface area (Å²) in [6.07, 6.45) is 1.26. The van der Waals surface area contributed by atoms with E-state index in [4.69, 9.17) is 0 Å². The van der Waals surface area contributed by atoms with Crippen LogP contribution in [0.25, 0.3) is 16.8 Å². The molecule has 0 aliphatic carbocycles. The zero-order valence-electron chi connectivity index (χ0n) is 11.0. The van der Waals surface area contributed by atoms with Gasteiger partial charge in [0.1, 0.15) is 0 Å². The number of fused-ring (bicyclic) bond motifs is 1. The highest BCUT2D eigenvalue weighted by atomic mass is 16.5. The summed E-state index contributed by atoms with van der Waals surface area (Å²) in [5.41, 5.74) is 0.776. The van der Waals surface area contributed by atoms with Gasteiger partial charge in [0.2, 0.25) is 0 Å². The van der Waals surface area contributed by atoms with Crippen molar-refractivity contribution in [1.82, 2.24) is 0 Å². The van der Waals surface area contributed by atoms with E-state index < -0.39 is 11.9 Å². The van der Waals surface area contributed by atoms with Gasteiger partial charge >= 0.3 is 11.9 Å². The number of carboxylic acid groups (broad SMARTS) is 1. The Morgan fingerprint density at radius 1 is 1.15 bits per heavy atom. The Labute approximate surface area is 116 Å². The molecule has 0 bridgehead atoms. The van der Waals surface area contributed by atoms with Gasteiger partial charge in [-0.2, -0.15) is 0 Å². The molecule has 2 aromatic carbocycles. The molecule has 0 spiro atoms. The van der Waals surface area contributed by atoms with Gasteiger partial charge in [0.25, 0.3) is 0 Å². The van der Waals surface area contributed by atoms with Gasteiger partial charge in [-0.25, -0.2) is 4.79 Å². The van der Waals surface area contributed by atoms with Crippen LogP contribution in [0.4, 0.5) is 0 Å². The molecule has 0 heterocycles. The third-order valence-corrected chi connectivity index (χ3v) is 2.99. The molecule has 4 heteroatoms. The van der Waals surface area contributed by atoms with E-state index in [2.05, 4.69) is 4.74 Å². The average Bonchev–Trinajstić information content (AvgIpc) is 2.46. The van der Waals surface area contributed by atoms with E-state index in [1.165, 1.54) is 13.2 Å². The van der Waals surface area contributed by atoms with Crippen LogP contribution in [0.3, 0.4) is 0 Å². The lowest BCUT2D eigenvalue weighted by atomic mass is 10.0. The quantitative estimate of drug-likeness (QED) is 0.685. The van der Waals surface area contributed by atoms with Crippen LogP contribution in [-0.4, -0.2) is 24.2 Å². The molecule has 20 heavy (non-hydrogen) atoms. The van der Waals surface area contributed by atoms with E-state index in [1.807, 2.05) is 42.5 Å². The molecule has 1 N–H and O–H groups in total. The van der Waals surface area contributed by atoms with Gasteiger partial charge in [0, 0.05) is 5.57 Å². The van der Waals surface area contributed by atoms with Gasteiger partial charge in [0.05, 0.1) is 13.5 Å². The van der Waals surface area contributed by atoms with Crippen LogP contribution in [0.5, 0.6) is 0 Å². The number of carbonyl (C=O) groups is 2. The molecule has 0 saturated heterocycles. The van der Waals surface area contributed by atoms with E-state index in [-0.39, 0.29) is 12.0 Å². The second-order valence-electron chi connectivity index (χ2n) is 4.30. The van der Waals surface area contributed by atoms with Gasteiger partial charge in [0.15, 0.2) is 0 Å². The molecule has 0 fully saturated rings. The van der Waals surface area contributed by atoms with Crippen LogP contribution in [-0.2, 0) is 14.3 Å². The molecule has 0 aromatic heterocycles. The Morgan fingerprint density at radius 3 is 2.55 bits per heavy atom. The first-order chi connectivity index (χ1) is 9.61. The first-order valence-corrected chi connectivity index (χ1v) is 6.10. The number of carboxylic acids is 1. The number of carbonyl (C=O) groups excluding carboxylic acids is 1. The molecule has 0 aliphatic rings. The number of rotatable bonds is 4. The number of methoxy groups -OCH3 is 1. The average molecular weight is 270 g/mol. The van der Waals surface area contributed by atoms with E-state index in [0.29, 0.717) is 0 Å². The summed E-state index contributed by atoms with van der Waals surface area (Å²) in [5, 5.41) is 11.1. The maximum absolute atomic E-state index is 11.3. The summed E-state index contributed by atoms with van der Waals surface area (Å²) in [6, 6.07) is 13.3. The molecule has 0 saturated carbocycles. The van der Waals surface area contributed by atoms with Gasteiger partial charge in [-0.3, -0.25) is 4.79 Å². The Balaban J connectivity index is 2.48. The van der Waals surface area contributed by atoms with E-state index in [9.17, 15) is 14.7 Å². The summed E-state index contributed by atoms with van der Waals surface area (Å²) in [4.78, 5) is 22.5. The SMILES string of the molecule is COC(=O)CC(=Cc1cccc2ccccc12)C(=O)O. The minimum atomic E-state index is -1.12. The van der Waals surface area contributed by atoms with Gasteiger partial charge in [-0.15, -0.1) is 0 Å². The molecule has 0 aliphatic heterocycles. The normalized spacial score (nSPS) is 11.3. The van der Waals surface area contributed by atoms with Crippen molar-refractivity contribution in [2.24, 2.45) is 0 Å². The van der Waals surface area contributed by atoms with Crippen molar-refractivity contribution in [3.8, 4) is 0 Å². The van der Waals surface area contributed by atoms with Crippen LogP contribution < -0.4 is 0 Å². The van der Waals surface area contributed by atoms with Crippen molar-refractivity contribution in [3.05, 3.63) is 53.6 Å². The molecule has 2 aromatic rings. The lowest BCUT2D eigenvalue weighted by Gasteiger charge is -2.05. The third-order valence-electron chi connectivity index (χ3n) is 2.99. The molecule has 102 valence electrons. The first kappa shape index (κ1) is 13.8. The largest absolute Gasteiger partial charge is 0.478 e. The van der Waals surface area contributed by atoms with Crippen molar-refractivity contribution in [1.29, 1.82) is 0 Å². The number of aliphatic carboxylic acids is 1. The van der Waals surface area contributed by atoms with Gasteiger partial charge in [-0.1, -0.05) is 42.5 Å². The standard InChI is InChI=1S/C16H14O4/c1-20-15(17)10-13(16(18)19)9-12-7-4-6-11-5-2-3-8-14(11)12/h2-9H,10H2,1H3,(H,18,19). The number of hydrogen-bond acceptors (Lipinski definition) is 3. The number of benzene rings is 2. The molecule has 4 nitrogen and oxygen atoms in total. The monoisotopic (exact) mass is 270 g/mol. The summed E-state index contributed by atoms with van der Waals surface area (Å²) in [6.45, 7) is 0. The van der Waals surface area contributed by atoms with Crippen molar-refractivity contribution in [2.45, 2.75) is 6.42 Å². The molecule has 2 rings (SSSR count). The summed E-state index contributed by atoms with van der Waals surface area (Å²) in [7, 11) is 1.24. The minimum Gasteiger partial charge on any atom is -0.478 e. The van der Waals surface area contributed by atoms with Crippen molar-refractivity contribution in [3.63, 3.8) is 0 Å². The van der Waals surface area contributed by atoms with E-state index in [0.717, 1.165) is 16.3 Å². The highest BCUT2D eigenvalue weighted by Crippen LogP contribution is 2.21. The molecular formula is C16H14O4. The highest BCUT2D eigenvalue weighted by Gasteiger charge is 2.13. The van der Waals surface area contributed by atoms with Crippen molar-refractivity contribution >= 4 is 28.8 Å². The van der Waals surface area contributed by atoms with Gasteiger partial charge < -0.3 is 9.84 Å². The fraction of sp³-hybridized carbons (Fsp3) is 0.125. The van der Waals surface area contributed by atoms with Crippen LogP contribution in [0, 0.1) is 0 Å². The number of hydrogen-bond donors (Lipinski definition) is 1. The third kappa shape index (κ3) is 3.03. The lowest BCUT2D eigenvalue weighted by Crippen LogP contribution is -2.08. The Morgan fingerprint density at radius 2 is 1.85 bits per heavy atom. The zero-order valence-corrected chi connectivity index (χ0v) is 11.0. The predicted molar refractivity (Wildman–Crippen MR) is 76.2 cm³/mol. The predicted octanol–water partition coefficient (Wildman–Crippen LogP) is 2.87.